The Labute approximate surface area is 397 Å². The third-order valence-corrected chi connectivity index (χ3v) is 15.4. The van der Waals surface area contributed by atoms with Crippen LogP contribution in [0.4, 0.5) is 0 Å². The molecule has 66 heavy (non-hydrogen) atoms. The predicted molar refractivity (Wildman–Crippen MR) is 290 cm³/mol. The molecule has 0 N–H and O–H groups in total. The average molecular weight is 869 g/mol. The number of aromatic nitrogens is 2. The first-order valence-electron chi connectivity index (χ1n) is 24.7. The van der Waals surface area contributed by atoms with E-state index in [0.717, 1.165) is 0 Å². The molecule has 0 spiro atoms. The van der Waals surface area contributed by atoms with Gasteiger partial charge in [0.1, 0.15) is 0 Å². The molecule has 0 bridgehead atoms. The predicted octanol–water partition coefficient (Wildman–Crippen LogP) is 16.1. The van der Waals surface area contributed by atoms with Crippen molar-refractivity contribution in [3.63, 3.8) is 0 Å². The van der Waals surface area contributed by atoms with Gasteiger partial charge in [-0.05, 0) is 137 Å². The van der Waals surface area contributed by atoms with Gasteiger partial charge in [-0.1, -0.05) is 185 Å². The second kappa shape index (κ2) is 13.9. The van der Waals surface area contributed by atoms with Crippen LogP contribution in [0.5, 0.6) is 0 Å². The average Bonchev–Trinajstić information content (AvgIpc) is 3.72. The Kier molecular flexibility index (Phi) is 9.38. The fourth-order valence-corrected chi connectivity index (χ4v) is 11.2. The minimum atomic E-state index is -0.0785. The molecule has 0 unspecified atom stereocenters. The molecule has 2 aliphatic heterocycles. The van der Waals surface area contributed by atoms with E-state index in [-0.39, 0.29) is 39.3 Å². The normalized spacial score (nSPS) is 14.3. The fraction of sp³-hybridized carbons (Fsp3) is 0.397. The summed E-state index contributed by atoms with van der Waals surface area (Å²) in [5, 5.41) is 4.04. The number of aryl methyl sites for hydroxylation is 1. The monoisotopic (exact) mass is 869 g/mol. The van der Waals surface area contributed by atoms with Gasteiger partial charge in [0.15, 0.2) is 0 Å². The summed E-state index contributed by atoms with van der Waals surface area (Å²) >= 11 is 0. The first-order chi connectivity index (χ1) is 30.4. The first-order valence-corrected chi connectivity index (χ1v) is 24.7. The number of nitrogens with zero attached hydrogens (tertiary/aromatic N) is 2. The van der Waals surface area contributed by atoms with Crippen molar-refractivity contribution in [1.82, 2.24) is 9.05 Å². The van der Waals surface area contributed by atoms with Crippen LogP contribution in [0, 0.1) is 6.92 Å². The molecule has 0 saturated heterocycles. The molecule has 0 amide bonds. The summed E-state index contributed by atoms with van der Waals surface area (Å²) in [4.78, 5) is 0. The van der Waals surface area contributed by atoms with Gasteiger partial charge in [-0.25, -0.2) is 0 Å². The van der Waals surface area contributed by atoms with Crippen LogP contribution in [0.3, 0.4) is 0 Å². The molecule has 10 rings (SSSR count). The second-order valence-electron chi connectivity index (χ2n) is 26.5. The molecule has 0 aliphatic carbocycles. The zero-order valence-electron chi connectivity index (χ0n) is 43.7. The first kappa shape index (κ1) is 44.6. The lowest BCUT2D eigenvalue weighted by Gasteiger charge is -2.37. The van der Waals surface area contributed by atoms with Gasteiger partial charge in [0.2, 0.25) is 0 Å². The highest BCUT2D eigenvalue weighted by Crippen LogP contribution is 2.51. The Morgan fingerprint density at radius 1 is 0.394 bits per heavy atom. The molecule has 2 aromatic heterocycles. The second-order valence-corrected chi connectivity index (χ2v) is 26.5. The lowest BCUT2D eigenvalue weighted by molar-refractivity contribution is 0.589. The van der Waals surface area contributed by atoms with Crippen molar-refractivity contribution >= 4 is 50.5 Å². The van der Waals surface area contributed by atoms with Crippen molar-refractivity contribution in [3.05, 3.63) is 136 Å². The molecule has 0 radical (unpaired) electrons. The maximum Gasteiger partial charge on any atom is 0.333 e. The van der Waals surface area contributed by atoms with Gasteiger partial charge in [-0.2, -0.15) is 0 Å². The fourth-order valence-electron chi connectivity index (χ4n) is 11.2. The SMILES string of the molecule is Cc1cc(C(C)(C)C)ccc1-c1c(-c2ccc(C(C)(C)C)cc2)c2cc(C(C)(C)C)cc3c2n1B1c2c-3cc(C(C)(C)C)cc2-n2c3ccc(C(C)(C)C)cc3c3cc(C(C)(C)C)cc1c32. The van der Waals surface area contributed by atoms with Crippen LogP contribution >= 0.6 is 0 Å². The van der Waals surface area contributed by atoms with Gasteiger partial charge in [-0.15, -0.1) is 0 Å². The minimum absolute atomic E-state index is 0.0170. The Morgan fingerprint density at radius 3 is 1.45 bits per heavy atom. The van der Waals surface area contributed by atoms with Gasteiger partial charge in [-0.3, -0.25) is 0 Å². The van der Waals surface area contributed by atoms with Crippen molar-refractivity contribution < 1.29 is 0 Å². The maximum atomic E-state index is 2.84. The van der Waals surface area contributed by atoms with Gasteiger partial charge in [0.05, 0.1) is 11.0 Å². The summed E-state index contributed by atoms with van der Waals surface area (Å²) in [6.07, 6.45) is 0. The summed E-state index contributed by atoms with van der Waals surface area (Å²) < 4.78 is 5.52. The van der Waals surface area contributed by atoms with Crippen molar-refractivity contribution in [2.24, 2.45) is 0 Å². The van der Waals surface area contributed by atoms with E-state index in [2.05, 4.69) is 238 Å². The number of benzene rings is 6. The summed E-state index contributed by atoms with van der Waals surface area (Å²) in [5.74, 6) is 0. The van der Waals surface area contributed by atoms with Crippen molar-refractivity contribution in [1.29, 1.82) is 0 Å². The molecule has 2 aliphatic rings. The van der Waals surface area contributed by atoms with E-state index >= 15 is 0 Å². The van der Waals surface area contributed by atoms with Crippen LogP contribution in [-0.2, 0) is 32.5 Å². The zero-order chi connectivity index (χ0) is 47.7. The molecule has 6 aromatic carbocycles. The van der Waals surface area contributed by atoms with Crippen LogP contribution in [0.1, 0.15) is 164 Å². The molecule has 4 heterocycles. The van der Waals surface area contributed by atoms with Crippen molar-refractivity contribution in [2.75, 3.05) is 0 Å². The van der Waals surface area contributed by atoms with Crippen LogP contribution < -0.4 is 10.9 Å². The summed E-state index contributed by atoms with van der Waals surface area (Å²) in [7, 11) is 0. The van der Waals surface area contributed by atoms with E-state index in [1.807, 2.05) is 0 Å². The molecule has 2 nitrogen and oxygen atoms in total. The highest BCUT2D eigenvalue weighted by atomic mass is 15.0. The van der Waals surface area contributed by atoms with E-state index < -0.39 is 0 Å². The Hall–Kier alpha value is -5.28. The van der Waals surface area contributed by atoms with Gasteiger partial charge in [0.25, 0.3) is 0 Å². The quantitative estimate of drug-likeness (QED) is 0.153. The van der Waals surface area contributed by atoms with Crippen molar-refractivity contribution in [3.8, 4) is 39.2 Å². The van der Waals surface area contributed by atoms with E-state index in [4.69, 9.17) is 0 Å². The van der Waals surface area contributed by atoms with Crippen LogP contribution in [-0.4, -0.2) is 15.9 Å². The summed E-state index contributed by atoms with van der Waals surface area (Å²) in [6.45, 7) is 44.8. The molecule has 3 heteroatoms. The Morgan fingerprint density at radius 2 is 0.879 bits per heavy atom. The van der Waals surface area contributed by atoms with Gasteiger partial charge < -0.3 is 9.05 Å². The molecule has 338 valence electrons. The van der Waals surface area contributed by atoms with Crippen molar-refractivity contribution in [2.45, 2.75) is 164 Å². The van der Waals surface area contributed by atoms with E-state index in [9.17, 15) is 0 Å². The largest absolute Gasteiger partial charge is 0.375 e. The minimum Gasteiger partial charge on any atom is -0.375 e. The lowest BCUT2D eigenvalue weighted by Crippen LogP contribution is -2.56. The number of hydrogen-bond acceptors (Lipinski definition) is 0. The van der Waals surface area contributed by atoms with E-state index in [0.29, 0.717) is 0 Å². The Bertz CT molecular complexity index is 3340. The highest BCUT2D eigenvalue weighted by Gasteiger charge is 2.45. The summed E-state index contributed by atoms with van der Waals surface area (Å²) in [6, 6.07) is 39.7. The van der Waals surface area contributed by atoms with Crippen LogP contribution in [0.15, 0.2) is 97.1 Å². The number of fused-ring (bicyclic) bond motifs is 7. The molecular weight excluding hydrogens is 796 g/mol. The number of hydrogen-bond donors (Lipinski definition) is 0. The van der Waals surface area contributed by atoms with Crippen LogP contribution in [0.2, 0.25) is 0 Å². The smallest absolute Gasteiger partial charge is 0.333 e. The van der Waals surface area contributed by atoms with Crippen LogP contribution in [0.25, 0.3) is 71.9 Å². The van der Waals surface area contributed by atoms with E-state index in [1.165, 1.54) is 122 Å². The lowest BCUT2D eigenvalue weighted by atomic mass is 9.45. The summed E-state index contributed by atoms with van der Waals surface area (Å²) in [5.41, 5.74) is 25.4. The zero-order valence-corrected chi connectivity index (χ0v) is 43.7. The molecular formula is C63H73BN2. The Balaban J connectivity index is 1.47. The molecule has 0 saturated carbocycles. The molecule has 0 atom stereocenters. The molecule has 0 fully saturated rings. The standard InChI is InChI=1S/C63H73BN2/c1-36-28-39(59(5,6)7)24-26-44(36)57-53(37-20-22-38(23-21-37)58(2,3)4)49-33-41(61(11,12)13)31-48-46-30-43(63(17,18)19)35-52-54(46)64(66(57)55(48)49)50-34-42(62(14,15)16)32-47-45-29-40(60(8,9)10)25-27-51(45)65(52)56(47)50/h20-35H,1-19H3. The topological polar surface area (TPSA) is 9.86 Å². The van der Waals surface area contributed by atoms with Gasteiger partial charge in [0, 0.05) is 49.7 Å². The molecule has 8 aromatic rings. The third kappa shape index (κ3) is 6.71. The maximum absolute atomic E-state index is 2.84. The van der Waals surface area contributed by atoms with Gasteiger partial charge >= 0.3 is 6.85 Å². The third-order valence-electron chi connectivity index (χ3n) is 15.4. The highest BCUT2D eigenvalue weighted by molar-refractivity contribution is 6.90. The number of rotatable bonds is 2. The van der Waals surface area contributed by atoms with E-state index in [1.54, 1.807) is 0 Å².